The van der Waals surface area contributed by atoms with Gasteiger partial charge in [-0.05, 0) is 32.0 Å². The Morgan fingerprint density at radius 1 is 1.09 bits per heavy atom. The fraction of sp³-hybridized carbons (Fsp3) is 1.00. The Balaban J connectivity index is 3.34. The predicted octanol–water partition coefficient (Wildman–Crippen LogP) is 2.76. The lowest BCUT2D eigenvalue weighted by molar-refractivity contribution is 0.278. The molecule has 0 aliphatic heterocycles. The van der Waals surface area contributed by atoms with E-state index in [1.807, 2.05) is 0 Å². The van der Waals surface area contributed by atoms with Crippen molar-refractivity contribution in [1.29, 1.82) is 0 Å². The van der Waals surface area contributed by atoms with E-state index in [1.54, 1.807) is 0 Å². The summed E-state index contributed by atoms with van der Waals surface area (Å²) in [6.45, 7) is 12.8. The quantitative estimate of drug-likeness (QED) is 0.573. The summed E-state index contributed by atoms with van der Waals surface area (Å²) in [6, 6.07) is 0. The highest BCUT2D eigenvalue weighted by molar-refractivity contribution is 4.56. The number of hydrogen-bond acceptors (Lipinski definition) is 1. The average Bonchev–Trinajstić information content (AvgIpc) is 2.06. The Hall–Kier alpha value is -0.0400. The van der Waals surface area contributed by atoms with Crippen molar-refractivity contribution in [2.45, 2.75) is 40.5 Å². The standard InChI is InChI=1S/C10H23N/c1-5-10(4)8-9-11(6-2)7-3/h10H,5-9H2,1-4H3/t10-/m1/s1. The molecule has 0 bridgehead atoms. The van der Waals surface area contributed by atoms with Gasteiger partial charge in [0.2, 0.25) is 0 Å². The second-order valence-electron chi connectivity index (χ2n) is 3.33. The first-order valence-electron chi connectivity index (χ1n) is 4.96. The molecule has 0 aromatic heterocycles. The van der Waals surface area contributed by atoms with E-state index in [2.05, 4.69) is 32.6 Å². The minimum absolute atomic E-state index is 0.899. The van der Waals surface area contributed by atoms with Crippen LogP contribution in [0.25, 0.3) is 0 Å². The highest BCUT2D eigenvalue weighted by Crippen LogP contribution is 2.06. The molecule has 0 aromatic rings. The van der Waals surface area contributed by atoms with Crippen LogP contribution in [0.3, 0.4) is 0 Å². The molecule has 1 heteroatoms. The van der Waals surface area contributed by atoms with E-state index in [1.165, 1.54) is 32.5 Å². The second kappa shape index (κ2) is 6.66. The van der Waals surface area contributed by atoms with Gasteiger partial charge in [-0.15, -0.1) is 0 Å². The van der Waals surface area contributed by atoms with E-state index >= 15 is 0 Å². The minimum atomic E-state index is 0.899. The van der Waals surface area contributed by atoms with Gasteiger partial charge in [0, 0.05) is 0 Å². The van der Waals surface area contributed by atoms with Gasteiger partial charge in [-0.1, -0.05) is 34.1 Å². The highest BCUT2D eigenvalue weighted by Gasteiger charge is 2.02. The maximum Gasteiger partial charge on any atom is -0.00164 e. The third-order valence-corrected chi connectivity index (χ3v) is 2.53. The molecule has 11 heavy (non-hydrogen) atoms. The van der Waals surface area contributed by atoms with Gasteiger partial charge in [0.15, 0.2) is 0 Å². The van der Waals surface area contributed by atoms with Crippen LogP contribution in [0.5, 0.6) is 0 Å². The molecule has 0 radical (unpaired) electrons. The summed E-state index contributed by atoms with van der Waals surface area (Å²) >= 11 is 0. The lowest BCUT2D eigenvalue weighted by Crippen LogP contribution is -2.25. The summed E-state index contributed by atoms with van der Waals surface area (Å²) in [6.07, 6.45) is 2.68. The van der Waals surface area contributed by atoms with Crippen molar-refractivity contribution in [1.82, 2.24) is 4.90 Å². The van der Waals surface area contributed by atoms with E-state index in [-0.39, 0.29) is 0 Å². The first kappa shape index (κ1) is 11.0. The van der Waals surface area contributed by atoms with Gasteiger partial charge in [-0.2, -0.15) is 0 Å². The average molecular weight is 157 g/mol. The van der Waals surface area contributed by atoms with Gasteiger partial charge in [-0.25, -0.2) is 0 Å². The van der Waals surface area contributed by atoms with Gasteiger partial charge in [0.1, 0.15) is 0 Å². The molecule has 0 saturated heterocycles. The Morgan fingerprint density at radius 2 is 1.64 bits per heavy atom. The van der Waals surface area contributed by atoms with Crippen LogP contribution >= 0.6 is 0 Å². The summed E-state index contributed by atoms with van der Waals surface area (Å²) in [7, 11) is 0. The normalized spacial score (nSPS) is 13.9. The molecule has 68 valence electrons. The van der Waals surface area contributed by atoms with Crippen molar-refractivity contribution in [3.63, 3.8) is 0 Å². The second-order valence-corrected chi connectivity index (χ2v) is 3.33. The Morgan fingerprint density at radius 3 is 2.00 bits per heavy atom. The third kappa shape index (κ3) is 5.25. The lowest BCUT2D eigenvalue weighted by Gasteiger charge is -2.19. The van der Waals surface area contributed by atoms with Crippen molar-refractivity contribution in [3.8, 4) is 0 Å². The maximum absolute atomic E-state index is 2.49. The minimum Gasteiger partial charge on any atom is -0.304 e. The Kier molecular flexibility index (Phi) is 6.63. The summed E-state index contributed by atoms with van der Waals surface area (Å²) in [4.78, 5) is 2.49. The molecule has 1 atom stereocenters. The van der Waals surface area contributed by atoms with Crippen molar-refractivity contribution in [2.75, 3.05) is 19.6 Å². The third-order valence-electron chi connectivity index (χ3n) is 2.53. The monoisotopic (exact) mass is 157 g/mol. The van der Waals surface area contributed by atoms with Crippen LogP contribution in [0, 0.1) is 5.92 Å². The fourth-order valence-corrected chi connectivity index (χ4v) is 1.15. The van der Waals surface area contributed by atoms with Crippen LogP contribution in [-0.2, 0) is 0 Å². The number of nitrogens with zero attached hydrogens (tertiary/aromatic N) is 1. The SMILES string of the molecule is CC[C@@H](C)CCN(CC)CC. The van der Waals surface area contributed by atoms with Gasteiger partial charge in [0.25, 0.3) is 0 Å². The highest BCUT2D eigenvalue weighted by atomic mass is 15.1. The summed E-state index contributed by atoms with van der Waals surface area (Å²) in [5.41, 5.74) is 0. The molecule has 0 aromatic carbocycles. The number of rotatable bonds is 6. The first-order valence-corrected chi connectivity index (χ1v) is 4.96. The van der Waals surface area contributed by atoms with Crippen molar-refractivity contribution < 1.29 is 0 Å². The molecular formula is C10H23N. The summed E-state index contributed by atoms with van der Waals surface area (Å²) in [5.74, 6) is 0.899. The van der Waals surface area contributed by atoms with Gasteiger partial charge in [0.05, 0.1) is 0 Å². The van der Waals surface area contributed by atoms with Gasteiger partial charge < -0.3 is 4.90 Å². The zero-order valence-corrected chi connectivity index (χ0v) is 8.56. The smallest absolute Gasteiger partial charge is 0.00164 e. The molecule has 1 nitrogen and oxygen atoms in total. The largest absolute Gasteiger partial charge is 0.304 e. The topological polar surface area (TPSA) is 3.24 Å². The zero-order chi connectivity index (χ0) is 8.69. The molecule has 0 unspecified atom stereocenters. The molecule has 0 amide bonds. The molecule has 0 N–H and O–H groups in total. The maximum atomic E-state index is 2.49. The van der Waals surface area contributed by atoms with Crippen LogP contribution in [0.1, 0.15) is 40.5 Å². The number of hydrogen-bond donors (Lipinski definition) is 0. The predicted molar refractivity (Wildman–Crippen MR) is 51.9 cm³/mol. The molecule has 0 saturated carbocycles. The molecule has 0 rings (SSSR count). The van der Waals surface area contributed by atoms with E-state index in [4.69, 9.17) is 0 Å². The lowest BCUT2D eigenvalue weighted by atomic mass is 10.1. The fourth-order valence-electron chi connectivity index (χ4n) is 1.15. The van der Waals surface area contributed by atoms with Crippen LogP contribution in [0.15, 0.2) is 0 Å². The molecule has 0 fully saturated rings. The van der Waals surface area contributed by atoms with Gasteiger partial charge in [-0.3, -0.25) is 0 Å². The van der Waals surface area contributed by atoms with Crippen LogP contribution in [0.2, 0.25) is 0 Å². The Labute approximate surface area is 71.8 Å². The van der Waals surface area contributed by atoms with Crippen LogP contribution in [0.4, 0.5) is 0 Å². The summed E-state index contributed by atoms with van der Waals surface area (Å²) < 4.78 is 0. The van der Waals surface area contributed by atoms with Gasteiger partial charge >= 0.3 is 0 Å². The van der Waals surface area contributed by atoms with Crippen molar-refractivity contribution in [3.05, 3.63) is 0 Å². The summed E-state index contributed by atoms with van der Waals surface area (Å²) in [5, 5.41) is 0. The van der Waals surface area contributed by atoms with Crippen LogP contribution in [-0.4, -0.2) is 24.5 Å². The van der Waals surface area contributed by atoms with E-state index in [9.17, 15) is 0 Å². The first-order chi connectivity index (χ1) is 5.24. The van der Waals surface area contributed by atoms with E-state index in [0.29, 0.717) is 0 Å². The zero-order valence-electron chi connectivity index (χ0n) is 8.56. The Bertz CT molecular complexity index is 76.9. The molecule has 0 spiro atoms. The molecular weight excluding hydrogens is 134 g/mol. The van der Waals surface area contributed by atoms with Crippen LogP contribution < -0.4 is 0 Å². The molecule has 0 aliphatic carbocycles. The molecule has 0 heterocycles. The molecule has 0 aliphatic rings. The van der Waals surface area contributed by atoms with E-state index in [0.717, 1.165) is 5.92 Å². The van der Waals surface area contributed by atoms with Crippen molar-refractivity contribution in [2.24, 2.45) is 5.92 Å². The van der Waals surface area contributed by atoms with E-state index < -0.39 is 0 Å². The van der Waals surface area contributed by atoms with Crippen molar-refractivity contribution >= 4 is 0 Å².